The van der Waals surface area contributed by atoms with Crippen molar-refractivity contribution in [2.75, 3.05) is 18.1 Å². The zero-order chi connectivity index (χ0) is 10.8. The summed E-state index contributed by atoms with van der Waals surface area (Å²) in [5, 5.41) is 3.49. The first-order valence-corrected chi connectivity index (χ1v) is 6.73. The Labute approximate surface area is 98.6 Å². The molecule has 16 heavy (non-hydrogen) atoms. The van der Waals surface area contributed by atoms with Gasteiger partial charge in [0.15, 0.2) is 11.5 Å². The molecule has 0 bridgehead atoms. The van der Waals surface area contributed by atoms with Crippen LogP contribution in [0.4, 0.5) is 0 Å². The number of nitrogens with one attached hydrogen (secondary N) is 1. The zero-order valence-electron chi connectivity index (χ0n) is 8.98. The van der Waals surface area contributed by atoms with Crippen molar-refractivity contribution in [2.24, 2.45) is 0 Å². The van der Waals surface area contributed by atoms with Crippen LogP contribution in [0.25, 0.3) is 11.1 Å². The molecular weight excluding hydrogens is 220 g/mol. The standard InChI is InChI=1S/C12H14N2OS/c1-2-4-11-10(3-1)14-12(15-11)7-9-8-16-6-5-13-9/h1-4,9,13H,5-8H2. The molecular formula is C12H14N2OS. The Balaban J connectivity index is 1.78. The molecule has 0 amide bonds. The largest absolute Gasteiger partial charge is 0.441 e. The van der Waals surface area contributed by atoms with Crippen LogP contribution >= 0.6 is 11.8 Å². The number of benzene rings is 1. The van der Waals surface area contributed by atoms with Crippen molar-refractivity contribution in [1.29, 1.82) is 0 Å². The SMILES string of the molecule is c1ccc2oc(CC3CSCCN3)nc2c1. The molecule has 1 unspecified atom stereocenters. The second kappa shape index (κ2) is 4.47. The quantitative estimate of drug-likeness (QED) is 0.863. The van der Waals surface area contributed by atoms with Gasteiger partial charge in [0.05, 0.1) is 0 Å². The highest BCUT2D eigenvalue weighted by atomic mass is 32.2. The summed E-state index contributed by atoms with van der Waals surface area (Å²) in [5.41, 5.74) is 1.85. The number of hydrogen-bond acceptors (Lipinski definition) is 4. The van der Waals surface area contributed by atoms with E-state index < -0.39 is 0 Å². The molecule has 3 rings (SSSR count). The third-order valence-electron chi connectivity index (χ3n) is 2.76. The van der Waals surface area contributed by atoms with Crippen molar-refractivity contribution in [3.8, 4) is 0 Å². The lowest BCUT2D eigenvalue weighted by Crippen LogP contribution is -2.38. The molecule has 1 saturated heterocycles. The van der Waals surface area contributed by atoms with Gasteiger partial charge in [0, 0.05) is 30.5 Å². The van der Waals surface area contributed by atoms with Crippen LogP contribution in [-0.4, -0.2) is 29.1 Å². The van der Waals surface area contributed by atoms with Gasteiger partial charge in [0.2, 0.25) is 0 Å². The third kappa shape index (κ3) is 2.08. The van der Waals surface area contributed by atoms with Gasteiger partial charge in [-0.15, -0.1) is 0 Å². The van der Waals surface area contributed by atoms with Crippen LogP contribution < -0.4 is 5.32 Å². The summed E-state index contributed by atoms with van der Waals surface area (Å²) in [6.45, 7) is 1.09. The lowest BCUT2D eigenvalue weighted by Gasteiger charge is -2.21. The van der Waals surface area contributed by atoms with Crippen molar-refractivity contribution in [3.63, 3.8) is 0 Å². The number of nitrogens with zero attached hydrogens (tertiary/aromatic N) is 1. The molecule has 1 N–H and O–H groups in total. The fourth-order valence-electron chi connectivity index (χ4n) is 1.97. The van der Waals surface area contributed by atoms with Crippen molar-refractivity contribution >= 4 is 22.9 Å². The van der Waals surface area contributed by atoms with Crippen LogP contribution in [-0.2, 0) is 6.42 Å². The number of oxazole rings is 1. The highest BCUT2D eigenvalue weighted by Gasteiger charge is 2.16. The predicted molar refractivity (Wildman–Crippen MR) is 66.8 cm³/mol. The van der Waals surface area contributed by atoms with Crippen LogP contribution in [0.2, 0.25) is 0 Å². The van der Waals surface area contributed by atoms with Crippen LogP contribution in [0.5, 0.6) is 0 Å². The molecule has 1 aromatic carbocycles. The molecule has 1 fully saturated rings. The molecule has 1 aliphatic rings. The second-order valence-corrected chi connectivity index (χ2v) is 5.16. The first-order chi connectivity index (χ1) is 7.92. The summed E-state index contributed by atoms with van der Waals surface area (Å²) < 4.78 is 5.71. The van der Waals surface area contributed by atoms with Crippen molar-refractivity contribution in [1.82, 2.24) is 10.3 Å². The Bertz CT molecular complexity index is 444. The van der Waals surface area contributed by atoms with Crippen molar-refractivity contribution in [3.05, 3.63) is 30.2 Å². The normalized spacial score (nSPS) is 21.4. The maximum Gasteiger partial charge on any atom is 0.197 e. The van der Waals surface area contributed by atoms with E-state index in [4.69, 9.17) is 4.42 Å². The van der Waals surface area contributed by atoms with Gasteiger partial charge in [-0.2, -0.15) is 11.8 Å². The third-order valence-corrected chi connectivity index (χ3v) is 3.89. The van der Waals surface area contributed by atoms with E-state index in [1.165, 1.54) is 5.75 Å². The number of rotatable bonds is 2. The summed E-state index contributed by atoms with van der Waals surface area (Å²) in [6.07, 6.45) is 0.891. The highest BCUT2D eigenvalue weighted by molar-refractivity contribution is 7.99. The molecule has 1 aromatic heterocycles. The van der Waals surface area contributed by atoms with Crippen molar-refractivity contribution < 1.29 is 4.42 Å². The second-order valence-electron chi connectivity index (χ2n) is 4.01. The molecule has 0 aliphatic carbocycles. The minimum Gasteiger partial charge on any atom is -0.441 e. The van der Waals surface area contributed by atoms with Crippen molar-refractivity contribution in [2.45, 2.75) is 12.5 Å². The zero-order valence-corrected chi connectivity index (χ0v) is 9.80. The van der Waals surface area contributed by atoms with Gasteiger partial charge in [-0.3, -0.25) is 0 Å². The molecule has 2 heterocycles. The minimum atomic E-state index is 0.506. The average Bonchev–Trinajstić information content (AvgIpc) is 2.72. The Kier molecular flexibility index (Phi) is 2.84. The first kappa shape index (κ1) is 10.2. The van der Waals surface area contributed by atoms with Gasteiger partial charge in [-0.1, -0.05) is 12.1 Å². The van der Waals surface area contributed by atoms with Gasteiger partial charge in [0.25, 0.3) is 0 Å². The molecule has 1 aliphatic heterocycles. The summed E-state index contributed by atoms with van der Waals surface area (Å²) >= 11 is 2.00. The summed E-state index contributed by atoms with van der Waals surface area (Å²) in [6, 6.07) is 8.43. The molecule has 84 valence electrons. The molecule has 0 radical (unpaired) electrons. The predicted octanol–water partition coefficient (Wildman–Crippen LogP) is 2.08. The smallest absolute Gasteiger partial charge is 0.197 e. The number of aromatic nitrogens is 1. The summed E-state index contributed by atoms with van der Waals surface area (Å²) in [7, 11) is 0. The van der Waals surface area contributed by atoms with Crippen LogP contribution in [0.1, 0.15) is 5.89 Å². The monoisotopic (exact) mass is 234 g/mol. The lowest BCUT2D eigenvalue weighted by atomic mass is 10.2. The van der Waals surface area contributed by atoms with Crippen LogP contribution in [0.3, 0.4) is 0 Å². The van der Waals surface area contributed by atoms with E-state index in [0.717, 1.165) is 35.7 Å². The molecule has 4 heteroatoms. The first-order valence-electron chi connectivity index (χ1n) is 5.57. The molecule has 0 spiro atoms. The number of thioether (sulfide) groups is 1. The average molecular weight is 234 g/mol. The van der Waals surface area contributed by atoms with E-state index in [1.54, 1.807) is 0 Å². The van der Waals surface area contributed by atoms with Gasteiger partial charge < -0.3 is 9.73 Å². The van der Waals surface area contributed by atoms with E-state index in [9.17, 15) is 0 Å². The summed E-state index contributed by atoms with van der Waals surface area (Å²) in [5.74, 6) is 3.21. The lowest BCUT2D eigenvalue weighted by molar-refractivity contribution is 0.469. The van der Waals surface area contributed by atoms with E-state index >= 15 is 0 Å². The Morgan fingerprint density at radius 1 is 1.44 bits per heavy atom. The van der Waals surface area contributed by atoms with Gasteiger partial charge in [0.1, 0.15) is 5.52 Å². The highest BCUT2D eigenvalue weighted by Crippen LogP contribution is 2.17. The number of hydrogen-bond donors (Lipinski definition) is 1. The molecule has 1 atom stereocenters. The minimum absolute atomic E-state index is 0.506. The number of para-hydroxylation sites is 2. The Morgan fingerprint density at radius 3 is 3.19 bits per heavy atom. The van der Waals surface area contributed by atoms with Gasteiger partial charge in [-0.25, -0.2) is 4.98 Å². The maximum atomic E-state index is 5.71. The maximum absolute atomic E-state index is 5.71. The van der Waals surface area contributed by atoms with E-state index in [2.05, 4.69) is 10.3 Å². The van der Waals surface area contributed by atoms with E-state index in [1.807, 2.05) is 36.0 Å². The fourth-order valence-corrected chi connectivity index (χ4v) is 2.92. The Hall–Kier alpha value is -1.00. The fraction of sp³-hybridized carbons (Fsp3) is 0.417. The van der Waals surface area contributed by atoms with Gasteiger partial charge >= 0.3 is 0 Å². The summed E-state index contributed by atoms with van der Waals surface area (Å²) in [4.78, 5) is 4.49. The van der Waals surface area contributed by atoms with E-state index in [-0.39, 0.29) is 0 Å². The van der Waals surface area contributed by atoms with Crippen LogP contribution in [0, 0.1) is 0 Å². The topological polar surface area (TPSA) is 38.1 Å². The number of fused-ring (bicyclic) bond motifs is 1. The molecule has 2 aromatic rings. The Morgan fingerprint density at radius 2 is 2.38 bits per heavy atom. The molecule has 0 saturated carbocycles. The van der Waals surface area contributed by atoms with E-state index in [0.29, 0.717) is 6.04 Å². The molecule has 3 nitrogen and oxygen atoms in total. The van der Waals surface area contributed by atoms with Crippen LogP contribution in [0.15, 0.2) is 28.7 Å². The van der Waals surface area contributed by atoms with Gasteiger partial charge in [-0.05, 0) is 12.1 Å².